The molecule has 0 radical (unpaired) electrons. The summed E-state index contributed by atoms with van der Waals surface area (Å²) in [5.41, 5.74) is 0.459. The van der Waals surface area contributed by atoms with Crippen LogP contribution in [-0.2, 0) is 14.8 Å². The smallest absolute Gasteiger partial charge is 0.240 e. The van der Waals surface area contributed by atoms with Gasteiger partial charge in [-0.2, -0.15) is 0 Å². The number of hydrogen-bond donors (Lipinski definition) is 1. The molecule has 6 nitrogen and oxygen atoms in total. The van der Waals surface area contributed by atoms with E-state index in [0.29, 0.717) is 12.1 Å². The summed E-state index contributed by atoms with van der Waals surface area (Å²) < 4.78 is 27.2. The number of hydrogen-bond acceptors (Lipinski definition) is 4. The van der Waals surface area contributed by atoms with E-state index in [0.717, 1.165) is 0 Å². The van der Waals surface area contributed by atoms with E-state index in [1.165, 1.54) is 31.2 Å². The number of nitrogens with one attached hydrogen (secondary N) is 1. The highest BCUT2D eigenvalue weighted by Gasteiger charge is 2.33. The van der Waals surface area contributed by atoms with Crippen LogP contribution in [0.2, 0.25) is 0 Å². The van der Waals surface area contributed by atoms with Crippen LogP contribution in [0.4, 0.5) is 0 Å². The molecule has 1 fully saturated rings. The van der Waals surface area contributed by atoms with E-state index in [4.69, 9.17) is 0 Å². The van der Waals surface area contributed by atoms with Crippen LogP contribution in [0.25, 0.3) is 0 Å². The van der Waals surface area contributed by atoms with Gasteiger partial charge in [-0.25, -0.2) is 13.1 Å². The van der Waals surface area contributed by atoms with Crippen LogP contribution in [0.5, 0.6) is 0 Å². The predicted molar refractivity (Wildman–Crippen MR) is 82.0 cm³/mol. The first kappa shape index (κ1) is 16.6. The maximum absolute atomic E-state index is 12.3. The number of rotatable bonds is 5. The van der Waals surface area contributed by atoms with Crippen molar-refractivity contribution < 1.29 is 18.0 Å². The minimum Gasteiger partial charge on any atom is -0.339 e. The van der Waals surface area contributed by atoms with Gasteiger partial charge in [0.15, 0.2) is 5.78 Å². The van der Waals surface area contributed by atoms with Gasteiger partial charge in [0, 0.05) is 30.6 Å². The fourth-order valence-electron chi connectivity index (χ4n) is 2.47. The molecule has 2 rings (SSSR count). The largest absolute Gasteiger partial charge is 0.339 e. The Kier molecular flexibility index (Phi) is 4.67. The number of sulfonamides is 1. The average Bonchev–Trinajstić information content (AvgIpc) is 2.79. The van der Waals surface area contributed by atoms with Crippen molar-refractivity contribution in [1.29, 1.82) is 0 Å². The second-order valence-electron chi connectivity index (χ2n) is 5.74. The lowest BCUT2D eigenvalue weighted by atomic mass is 10.2. The minimum atomic E-state index is -3.70. The molecule has 0 aromatic heterocycles. The maximum Gasteiger partial charge on any atom is 0.240 e. The van der Waals surface area contributed by atoms with Gasteiger partial charge >= 0.3 is 0 Å². The van der Waals surface area contributed by atoms with Gasteiger partial charge in [0.1, 0.15) is 0 Å². The Morgan fingerprint density at radius 2 is 1.86 bits per heavy atom. The molecule has 22 heavy (non-hydrogen) atoms. The van der Waals surface area contributed by atoms with Gasteiger partial charge in [-0.05, 0) is 32.9 Å². The Bertz CT molecular complexity index is 680. The molecule has 1 aliphatic rings. The molecule has 1 atom stereocenters. The lowest BCUT2D eigenvalue weighted by molar-refractivity contribution is -0.129. The van der Waals surface area contributed by atoms with Gasteiger partial charge in [-0.3, -0.25) is 9.59 Å². The molecule has 7 heteroatoms. The minimum absolute atomic E-state index is 0.0466. The molecule has 1 aromatic rings. The molecule has 1 amide bonds. The van der Waals surface area contributed by atoms with Crippen LogP contribution < -0.4 is 4.72 Å². The fourth-order valence-corrected chi connectivity index (χ4v) is 3.69. The Balaban J connectivity index is 2.12. The molecule has 1 aromatic carbocycles. The van der Waals surface area contributed by atoms with Gasteiger partial charge in [-0.15, -0.1) is 0 Å². The first-order valence-electron chi connectivity index (χ1n) is 7.13. The van der Waals surface area contributed by atoms with Crippen LogP contribution in [0.15, 0.2) is 29.2 Å². The highest BCUT2D eigenvalue weighted by molar-refractivity contribution is 7.89. The predicted octanol–water partition coefficient (Wildman–Crippen LogP) is 1.18. The van der Waals surface area contributed by atoms with Crippen molar-refractivity contribution in [2.75, 3.05) is 6.54 Å². The maximum atomic E-state index is 12.3. The second kappa shape index (κ2) is 6.18. The highest BCUT2D eigenvalue weighted by atomic mass is 32.2. The average molecular weight is 324 g/mol. The topological polar surface area (TPSA) is 83.5 Å². The summed E-state index contributed by atoms with van der Waals surface area (Å²) in [4.78, 5) is 24.8. The molecule has 1 N–H and O–H groups in total. The van der Waals surface area contributed by atoms with Crippen molar-refractivity contribution in [3.8, 4) is 0 Å². The number of likely N-dealkylation sites (tertiary alicyclic amines) is 1. The van der Waals surface area contributed by atoms with Crippen molar-refractivity contribution in [2.45, 2.75) is 44.2 Å². The number of carbonyl (C=O) groups excluding carboxylic acids is 2. The van der Waals surface area contributed by atoms with Gasteiger partial charge in [0.05, 0.1) is 4.90 Å². The quantitative estimate of drug-likeness (QED) is 0.824. The van der Waals surface area contributed by atoms with Crippen molar-refractivity contribution in [3.63, 3.8) is 0 Å². The Labute approximate surface area is 130 Å². The zero-order valence-electron chi connectivity index (χ0n) is 12.9. The zero-order valence-corrected chi connectivity index (χ0v) is 13.7. The third-order valence-corrected chi connectivity index (χ3v) is 5.21. The standard InChI is InChI=1S/C15H20N2O4S/c1-10(2)17-9-13(8-15(17)19)16-22(20,21)14-6-4-12(5-7-14)11(3)18/h4-7,10,13,16H,8-9H2,1-3H3. The number of ketones is 1. The van der Waals surface area contributed by atoms with Gasteiger partial charge < -0.3 is 4.90 Å². The van der Waals surface area contributed by atoms with Gasteiger partial charge in [-0.1, -0.05) is 12.1 Å². The van der Waals surface area contributed by atoms with E-state index in [1.807, 2.05) is 13.8 Å². The summed E-state index contributed by atoms with van der Waals surface area (Å²) in [5, 5.41) is 0. The van der Waals surface area contributed by atoms with Crippen molar-refractivity contribution in [1.82, 2.24) is 9.62 Å². The summed E-state index contributed by atoms with van der Waals surface area (Å²) in [6.07, 6.45) is 0.170. The summed E-state index contributed by atoms with van der Waals surface area (Å²) in [6.45, 7) is 5.60. The molecule has 0 saturated carbocycles. The van der Waals surface area contributed by atoms with Crippen LogP contribution in [0.1, 0.15) is 37.6 Å². The zero-order chi connectivity index (χ0) is 16.5. The second-order valence-corrected chi connectivity index (χ2v) is 7.46. The van der Waals surface area contributed by atoms with Gasteiger partial charge in [0.2, 0.25) is 15.9 Å². The SMILES string of the molecule is CC(=O)c1ccc(S(=O)(=O)NC2CC(=O)N(C(C)C)C2)cc1. The number of carbonyl (C=O) groups is 2. The summed E-state index contributed by atoms with van der Waals surface area (Å²) in [6, 6.07) is 5.39. The Morgan fingerprint density at radius 3 is 2.32 bits per heavy atom. The monoisotopic (exact) mass is 324 g/mol. The van der Waals surface area contributed by atoms with E-state index < -0.39 is 16.1 Å². The highest BCUT2D eigenvalue weighted by Crippen LogP contribution is 2.18. The van der Waals surface area contributed by atoms with Crippen molar-refractivity contribution >= 4 is 21.7 Å². The lowest BCUT2D eigenvalue weighted by Gasteiger charge is -2.21. The molecule has 1 saturated heterocycles. The third-order valence-electron chi connectivity index (χ3n) is 3.67. The third kappa shape index (κ3) is 3.53. The molecule has 1 aliphatic heterocycles. The molecule has 1 unspecified atom stereocenters. The summed E-state index contributed by atoms with van der Waals surface area (Å²) in [5.74, 6) is -0.166. The van der Waals surface area contributed by atoms with E-state index in [-0.39, 0.29) is 29.0 Å². The summed E-state index contributed by atoms with van der Waals surface area (Å²) in [7, 11) is -3.70. The fraction of sp³-hybridized carbons (Fsp3) is 0.467. The van der Waals surface area contributed by atoms with Gasteiger partial charge in [0.25, 0.3) is 0 Å². The first-order valence-corrected chi connectivity index (χ1v) is 8.62. The number of Topliss-reactive ketones (excluding diaryl/α,β-unsaturated/α-hetero) is 1. The molecule has 0 aliphatic carbocycles. The number of nitrogens with zero attached hydrogens (tertiary/aromatic N) is 1. The number of benzene rings is 1. The molecule has 0 bridgehead atoms. The molecule has 120 valence electrons. The summed E-state index contributed by atoms with van der Waals surface area (Å²) >= 11 is 0. The van der Waals surface area contributed by atoms with E-state index in [2.05, 4.69) is 4.72 Å². The van der Waals surface area contributed by atoms with Crippen LogP contribution in [-0.4, -0.2) is 43.6 Å². The van der Waals surface area contributed by atoms with Crippen molar-refractivity contribution in [2.24, 2.45) is 0 Å². The lowest BCUT2D eigenvalue weighted by Crippen LogP contribution is -2.38. The molecule has 1 heterocycles. The normalized spacial score (nSPS) is 19.0. The Hall–Kier alpha value is -1.73. The molecular weight excluding hydrogens is 304 g/mol. The van der Waals surface area contributed by atoms with Crippen LogP contribution in [0, 0.1) is 0 Å². The molecule has 0 spiro atoms. The first-order chi connectivity index (χ1) is 10.2. The van der Waals surface area contributed by atoms with E-state index >= 15 is 0 Å². The molecular formula is C15H20N2O4S. The van der Waals surface area contributed by atoms with Crippen LogP contribution in [0.3, 0.4) is 0 Å². The van der Waals surface area contributed by atoms with Crippen LogP contribution >= 0.6 is 0 Å². The van der Waals surface area contributed by atoms with E-state index in [1.54, 1.807) is 4.90 Å². The van der Waals surface area contributed by atoms with E-state index in [9.17, 15) is 18.0 Å². The van der Waals surface area contributed by atoms with Crippen molar-refractivity contribution in [3.05, 3.63) is 29.8 Å². The number of amides is 1. The Morgan fingerprint density at radius 1 is 1.27 bits per heavy atom.